The summed E-state index contributed by atoms with van der Waals surface area (Å²) in [6.45, 7) is 6.70. The number of hydrogen-bond acceptors (Lipinski definition) is 1. The maximum Gasteiger partial charge on any atom is 0.127 e. The van der Waals surface area contributed by atoms with E-state index in [2.05, 4.69) is 48.8 Å². The van der Waals surface area contributed by atoms with Crippen molar-refractivity contribution in [1.29, 1.82) is 0 Å². The zero-order chi connectivity index (χ0) is 14.7. The third-order valence-corrected chi connectivity index (χ3v) is 3.96. The fraction of sp³-hybridized carbons (Fsp3) is 0.294. The van der Waals surface area contributed by atoms with Crippen molar-refractivity contribution in [2.45, 2.75) is 32.7 Å². The minimum absolute atomic E-state index is 0.269. The predicted octanol–water partition coefficient (Wildman–Crippen LogP) is 5.22. The van der Waals surface area contributed by atoms with Gasteiger partial charge in [0.2, 0.25) is 0 Å². The standard InChI is InChI=1S/C17H18BrFO/c1-11-4-12(2)17(13(3)5-11)10-20-16-7-14(9-18)6-15(19)8-16/h4-8H,9-10H2,1-3H3. The number of hydrogen-bond donors (Lipinski definition) is 0. The molecule has 0 aliphatic heterocycles. The van der Waals surface area contributed by atoms with Crippen molar-refractivity contribution in [3.8, 4) is 5.75 Å². The van der Waals surface area contributed by atoms with Gasteiger partial charge in [0, 0.05) is 11.4 Å². The summed E-state index contributed by atoms with van der Waals surface area (Å²) in [5.41, 5.74) is 5.70. The van der Waals surface area contributed by atoms with E-state index in [1.54, 1.807) is 0 Å². The lowest BCUT2D eigenvalue weighted by Gasteiger charge is -2.13. The van der Waals surface area contributed by atoms with E-state index in [1.165, 1.54) is 34.4 Å². The first kappa shape index (κ1) is 15.0. The molecule has 0 aliphatic rings. The second-order valence-electron chi connectivity index (χ2n) is 5.09. The molecule has 0 fully saturated rings. The van der Waals surface area contributed by atoms with E-state index < -0.39 is 0 Å². The van der Waals surface area contributed by atoms with Crippen molar-refractivity contribution in [3.05, 3.63) is 64.0 Å². The fourth-order valence-electron chi connectivity index (χ4n) is 2.37. The van der Waals surface area contributed by atoms with Gasteiger partial charge in [0.25, 0.3) is 0 Å². The number of ether oxygens (including phenoxy) is 1. The average Bonchev–Trinajstić information content (AvgIpc) is 2.36. The molecule has 0 amide bonds. The van der Waals surface area contributed by atoms with Crippen LogP contribution >= 0.6 is 15.9 Å². The maximum atomic E-state index is 13.5. The van der Waals surface area contributed by atoms with Crippen LogP contribution in [0.2, 0.25) is 0 Å². The van der Waals surface area contributed by atoms with Crippen LogP contribution in [0.1, 0.15) is 27.8 Å². The second-order valence-corrected chi connectivity index (χ2v) is 5.66. The van der Waals surface area contributed by atoms with Gasteiger partial charge in [-0.2, -0.15) is 0 Å². The first-order valence-corrected chi connectivity index (χ1v) is 7.66. The van der Waals surface area contributed by atoms with E-state index in [0.29, 0.717) is 17.7 Å². The van der Waals surface area contributed by atoms with Gasteiger partial charge in [-0.3, -0.25) is 0 Å². The molecule has 0 radical (unpaired) electrons. The van der Waals surface area contributed by atoms with Gasteiger partial charge >= 0.3 is 0 Å². The summed E-state index contributed by atoms with van der Waals surface area (Å²) in [5.74, 6) is 0.299. The SMILES string of the molecule is Cc1cc(C)c(COc2cc(F)cc(CBr)c2)c(C)c1. The second kappa shape index (κ2) is 6.40. The Morgan fingerprint density at radius 3 is 2.25 bits per heavy atom. The third-order valence-electron chi connectivity index (χ3n) is 3.31. The molecule has 0 saturated heterocycles. The van der Waals surface area contributed by atoms with Gasteiger partial charge in [-0.1, -0.05) is 33.6 Å². The van der Waals surface area contributed by atoms with Crippen LogP contribution < -0.4 is 4.74 Å². The van der Waals surface area contributed by atoms with E-state index in [1.807, 2.05) is 6.07 Å². The van der Waals surface area contributed by atoms with Crippen LogP contribution in [0.15, 0.2) is 30.3 Å². The number of aryl methyl sites for hydroxylation is 3. The molecule has 0 heterocycles. The van der Waals surface area contributed by atoms with E-state index in [0.717, 1.165) is 5.56 Å². The summed E-state index contributed by atoms with van der Waals surface area (Å²) >= 11 is 3.33. The molecule has 2 aromatic carbocycles. The molecule has 0 atom stereocenters. The normalized spacial score (nSPS) is 10.7. The molecular formula is C17H18BrFO. The van der Waals surface area contributed by atoms with Gasteiger partial charge in [0.05, 0.1) is 0 Å². The molecule has 2 rings (SSSR count). The van der Waals surface area contributed by atoms with Crippen LogP contribution in [0, 0.1) is 26.6 Å². The van der Waals surface area contributed by atoms with Gasteiger partial charge in [-0.15, -0.1) is 0 Å². The molecule has 0 unspecified atom stereocenters. The Kier molecular flexibility index (Phi) is 4.81. The smallest absolute Gasteiger partial charge is 0.127 e. The summed E-state index contributed by atoms with van der Waals surface area (Å²) < 4.78 is 19.2. The number of benzene rings is 2. The first-order valence-electron chi connectivity index (χ1n) is 6.54. The summed E-state index contributed by atoms with van der Waals surface area (Å²) in [6.07, 6.45) is 0. The molecule has 1 nitrogen and oxygen atoms in total. The van der Waals surface area contributed by atoms with Crippen molar-refractivity contribution < 1.29 is 9.13 Å². The van der Waals surface area contributed by atoms with Gasteiger partial charge < -0.3 is 4.74 Å². The van der Waals surface area contributed by atoms with E-state index in [9.17, 15) is 4.39 Å². The highest BCUT2D eigenvalue weighted by Gasteiger charge is 2.06. The van der Waals surface area contributed by atoms with Crippen molar-refractivity contribution in [2.24, 2.45) is 0 Å². The highest BCUT2D eigenvalue weighted by Crippen LogP contribution is 2.22. The maximum absolute atomic E-state index is 13.5. The molecule has 0 N–H and O–H groups in total. The zero-order valence-electron chi connectivity index (χ0n) is 12.0. The Morgan fingerprint density at radius 2 is 1.65 bits per heavy atom. The average molecular weight is 337 g/mol. The summed E-state index contributed by atoms with van der Waals surface area (Å²) in [7, 11) is 0. The van der Waals surface area contributed by atoms with E-state index in [4.69, 9.17) is 4.74 Å². The van der Waals surface area contributed by atoms with Crippen LogP contribution in [0.5, 0.6) is 5.75 Å². The minimum atomic E-state index is -0.269. The van der Waals surface area contributed by atoms with Crippen LogP contribution in [0.4, 0.5) is 4.39 Å². The molecule has 0 aromatic heterocycles. The van der Waals surface area contributed by atoms with Gasteiger partial charge in [0.15, 0.2) is 0 Å². The molecule has 20 heavy (non-hydrogen) atoms. The molecule has 0 bridgehead atoms. The Morgan fingerprint density at radius 1 is 1.00 bits per heavy atom. The number of rotatable bonds is 4. The highest BCUT2D eigenvalue weighted by atomic mass is 79.9. The van der Waals surface area contributed by atoms with Crippen molar-refractivity contribution in [2.75, 3.05) is 0 Å². The van der Waals surface area contributed by atoms with Crippen LogP contribution in [0.3, 0.4) is 0 Å². The van der Waals surface area contributed by atoms with Crippen LogP contribution in [-0.4, -0.2) is 0 Å². The molecule has 0 spiro atoms. The Bertz CT molecular complexity index is 599. The molecular weight excluding hydrogens is 319 g/mol. The zero-order valence-corrected chi connectivity index (χ0v) is 13.6. The lowest BCUT2D eigenvalue weighted by Crippen LogP contribution is -2.02. The van der Waals surface area contributed by atoms with Crippen LogP contribution in [-0.2, 0) is 11.9 Å². The Hall–Kier alpha value is -1.35. The largest absolute Gasteiger partial charge is 0.489 e. The summed E-state index contributed by atoms with van der Waals surface area (Å²) in [4.78, 5) is 0. The van der Waals surface area contributed by atoms with Crippen molar-refractivity contribution in [1.82, 2.24) is 0 Å². The predicted molar refractivity (Wildman–Crippen MR) is 84.0 cm³/mol. The van der Waals surface area contributed by atoms with Gasteiger partial charge in [-0.25, -0.2) is 4.39 Å². The number of halogens is 2. The lowest BCUT2D eigenvalue weighted by atomic mass is 10.0. The topological polar surface area (TPSA) is 9.23 Å². The number of alkyl halides is 1. The van der Waals surface area contributed by atoms with E-state index in [-0.39, 0.29) is 5.82 Å². The molecule has 106 valence electrons. The quantitative estimate of drug-likeness (QED) is 0.695. The third kappa shape index (κ3) is 3.60. The summed E-state index contributed by atoms with van der Waals surface area (Å²) in [5, 5.41) is 0.615. The van der Waals surface area contributed by atoms with Gasteiger partial charge in [0.1, 0.15) is 18.2 Å². The van der Waals surface area contributed by atoms with Crippen molar-refractivity contribution >= 4 is 15.9 Å². The molecule has 2 aromatic rings. The van der Waals surface area contributed by atoms with Crippen molar-refractivity contribution in [3.63, 3.8) is 0 Å². The Labute approximate surface area is 127 Å². The minimum Gasteiger partial charge on any atom is -0.489 e. The Balaban J connectivity index is 2.19. The van der Waals surface area contributed by atoms with Crippen LogP contribution in [0.25, 0.3) is 0 Å². The summed E-state index contributed by atoms with van der Waals surface area (Å²) in [6, 6.07) is 9.06. The van der Waals surface area contributed by atoms with E-state index >= 15 is 0 Å². The molecule has 3 heteroatoms. The monoisotopic (exact) mass is 336 g/mol. The lowest BCUT2D eigenvalue weighted by molar-refractivity contribution is 0.303. The molecule has 0 saturated carbocycles. The molecule has 0 aliphatic carbocycles. The first-order chi connectivity index (χ1) is 9.49. The highest BCUT2D eigenvalue weighted by molar-refractivity contribution is 9.08. The van der Waals surface area contributed by atoms with Gasteiger partial charge in [-0.05, 0) is 55.2 Å². The fourth-order valence-corrected chi connectivity index (χ4v) is 2.70.